The Morgan fingerprint density at radius 1 is 0.765 bits per heavy atom. The van der Waals surface area contributed by atoms with Gasteiger partial charge < -0.3 is 0 Å². The third-order valence-corrected chi connectivity index (χ3v) is 7.86. The van der Waals surface area contributed by atoms with Gasteiger partial charge in [0.15, 0.2) is 15.4 Å². The van der Waals surface area contributed by atoms with Crippen LogP contribution in [0.25, 0.3) is 36.9 Å². The molecule has 2 heteroatoms. The smallest absolute Gasteiger partial charge is 0.159 e. The molecule has 34 heavy (non-hydrogen) atoms. The summed E-state index contributed by atoms with van der Waals surface area (Å²) in [4.78, 5) is 0. The number of hydrogen-bond donors (Lipinski definition) is 0. The summed E-state index contributed by atoms with van der Waals surface area (Å²) in [6.45, 7) is 8.80. The minimum atomic E-state index is 1.15. The van der Waals surface area contributed by atoms with Crippen LogP contribution in [-0.4, -0.2) is 11.3 Å². The van der Waals surface area contributed by atoms with Crippen molar-refractivity contribution in [2.45, 2.75) is 13.8 Å². The van der Waals surface area contributed by atoms with E-state index in [-0.39, 0.29) is 0 Å². The van der Waals surface area contributed by atoms with E-state index in [1.54, 1.807) is 0 Å². The third kappa shape index (κ3) is 3.39. The maximum Gasteiger partial charge on any atom is 0.159 e. The fourth-order valence-corrected chi connectivity index (χ4v) is 6.24. The summed E-state index contributed by atoms with van der Waals surface area (Å²) in [5.74, 6) is 0. The van der Waals surface area contributed by atoms with E-state index < -0.39 is 0 Å². The third-order valence-electron chi connectivity index (χ3n) is 6.67. The lowest BCUT2D eigenvalue weighted by atomic mass is 9.90. The summed E-state index contributed by atoms with van der Waals surface area (Å²) in [5.41, 5.74) is 8.74. The van der Waals surface area contributed by atoms with Crippen LogP contribution in [0.4, 0.5) is 0 Å². The summed E-state index contributed by atoms with van der Waals surface area (Å²) >= 11 is 1.88. The lowest BCUT2D eigenvalue weighted by Gasteiger charge is -2.23. The second-order valence-electron chi connectivity index (χ2n) is 8.90. The fourth-order valence-electron chi connectivity index (χ4n) is 4.90. The zero-order valence-corrected chi connectivity index (χ0v) is 20.2. The molecule has 0 bridgehead atoms. The van der Waals surface area contributed by atoms with E-state index in [0.29, 0.717) is 0 Å². The highest BCUT2D eigenvalue weighted by molar-refractivity contribution is 7.26. The first kappa shape index (κ1) is 20.7. The van der Waals surface area contributed by atoms with Crippen LogP contribution in [0.15, 0.2) is 109 Å². The molecule has 164 valence electrons. The predicted molar refractivity (Wildman–Crippen MR) is 147 cm³/mol. The highest BCUT2D eigenvalue weighted by Gasteiger charge is 2.26. The van der Waals surface area contributed by atoms with Crippen molar-refractivity contribution in [3.63, 3.8) is 0 Å². The Balaban J connectivity index is 1.49. The van der Waals surface area contributed by atoms with Gasteiger partial charge in [0.1, 0.15) is 17.5 Å². The molecule has 0 saturated carbocycles. The van der Waals surface area contributed by atoms with Gasteiger partial charge >= 0.3 is 0 Å². The Bertz CT molecular complexity index is 1620. The summed E-state index contributed by atoms with van der Waals surface area (Å²) in [7, 11) is 0. The van der Waals surface area contributed by atoms with E-state index in [1.807, 2.05) is 15.9 Å². The minimum absolute atomic E-state index is 1.15. The van der Waals surface area contributed by atoms with Gasteiger partial charge in [-0.25, -0.2) is 0 Å². The van der Waals surface area contributed by atoms with Gasteiger partial charge in [-0.3, -0.25) is 4.58 Å². The van der Waals surface area contributed by atoms with Gasteiger partial charge in [0, 0.05) is 5.56 Å². The SMILES string of the molecule is C=[N+]1C=C(c2ccccc2)C(C)=C[C-]1c1c(C)ccc2c1[s+][c-]1cc(-c3ccccc3)ccc21. The number of aryl methyl sites for hydroxylation is 1. The maximum atomic E-state index is 4.40. The van der Waals surface area contributed by atoms with E-state index in [2.05, 4.69) is 124 Å². The maximum absolute atomic E-state index is 4.40. The molecular formula is C32H25NS. The molecule has 1 nitrogen and oxygen atoms in total. The molecule has 1 aromatic heterocycles. The van der Waals surface area contributed by atoms with Crippen LogP contribution < -0.4 is 0 Å². The molecule has 1 aliphatic heterocycles. The average molecular weight is 456 g/mol. The van der Waals surface area contributed by atoms with E-state index >= 15 is 0 Å². The minimum Gasteiger partial charge on any atom is -0.254 e. The molecule has 0 saturated heterocycles. The summed E-state index contributed by atoms with van der Waals surface area (Å²) in [6.07, 6.45) is 4.45. The van der Waals surface area contributed by atoms with Crippen molar-refractivity contribution < 1.29 is 4.58 Å². The van der Waals surface area contributed by atoms with Gasteiger partial charge in [0.2, 0.25) is 0 Å². The van der Waals surface area contributed by atoms with Gasteiger partial charge in [0.05, 0.1) is 6.72 Å². The Morgan fingerprint density at radius 3 is 2.21 bits per heavy atom. The highest BCUT2D eigenvalue weighted by atomic mass is 32.1. The molecule has 0 aliphatic carbocycles. The normalized spacial score (nSPS) is 13.9. The Morgan fingerprint density at radius 2 is 1.47 bits per heavy atom. The van der Waals surface area contributed by atoms with Crippen molar-refractivity contribution in [3.8, 4) is 11.1 Å². The zero-order valence-electron chi connectivity index (χ0n) is 19.4. The Kier molecular flexibility index (Phi) is 4.97. The number of nitrogens with zero attached hydrogens (tertiary/aromatic N) is 1. The molecule has 5 aromatic rings. The van der Waals surface area contributed by atoms with Gasteiger partial charge in [-0.2, -0.15) is 0 Å². The zero-order chi connectivity index (χ0) is 23.2. The van der Waals surface area contributed by atoms with Crippen LogP contribution in [0.3, 0.4) is 0 Å². The molecule has 0 radical (unpaired) electrons. The van der Waals surface area contributed by atoms with Crippen LogP contribution in [0.5, 0.6) is 0 Å². The molecule has 0 fully saturated rings. The van der Waals surface area contributed by atoms with Crippen molar-refractivity contribution in [3.05, 3.63) is 132 Å². The Hall–Kier alpha value is -3.88. The van der Waals surface area contributed by atoms with Gasteiger partial charge in [0.25, 0.3) is 0 Å². The number of allylic oxidation sites excluding steroid dienone is 2. The largest absolute Gasteiger partial charge is 0.254 e. The first-order valence-corrected chi connectivity index (χ1v) is 12.4. The number of thiophene rings is 1. The molecule has 0 N–H and O–H groups in total. The van der Waals surface area contributed by atoms with Crippen LogP contribution in [-0.2, 0) is 0 Å². The lowest BCUT2D eigenvalue weighted by molar-refractivity contribution is -0.416. The van der Waals surface area contributed by atoms with Crippen LogP contribution in [0.1, 0.15) is 23.6 Å². The highest BCUT2D eigenvalue weighted by Crippen LogP contribution is 2.43. The molecule has 4 aromatic carbocycles. The molecule has 0 amide bonds. The van der Waals surface area contributed by atoms with Crippen molar-refractivity contribution in [1.82, 2.24) is 0 Å². The molecule has 0 atom stereocenters. The van der Waals surface area contributed by atoms with Crippen molar-refractivity contribution in [2.24, 2.45) is 0 Å². The van der Waals surface area contributed by atoms with E-state index in [9.17, 15) is 0 Å². The summed E-state index contributed by atoms with van der Waals surface area (Å²) in [5, 5.41) is 2.62. The number of rotatable bonds is 3. The summed E-state index contributed by atoms with van der Waals surface area (Å²) in [6, 6.07) is 33.7. The van der Waals surface area contributed by atoms with Crippen LogP contribution in [0.2, 0.25) is 0 Å². The van der Waals surface area contributed by atoms with Gasteiger partial charge in [-0.05, 0) is 22.6 Å². The number of fused-ring (bicyclic) bond motifs is 3. The second-order valence-corrected chi connectivity index (χ2v) is 9.96. The second kappa shape index (κ2) is 8.16. The van der Waals surface area contributed by atoms with Crippen molar-refractivity contribution in [1.29, 1.82) is 0 Å². The van der Waals surface area contributed by atoms with Crippen LogP contribution >= 0.6 is 11.3 Å². The molecule has 0 spiro atoms. The standard InChI is InChI=1S/C32H25NS/c1-21-14-16-27-26-17-15-25(23-10-6-4-7-11-23)19-30(26)34-32(27)31(21)29-18-22(2)28(20-33(29)3)24-12-8-5-9-13-24/h4-20H,3H2,1-2H3. The first-order chi connectivity index (χ1) is 16.6. The van der Waals surface area contributed by atoms with E-state index in [4.69, 9.17) is 0 Å². The monoisotopic (exact) mass is 455 g/mol. The molecule has 2 heterocycles. The van der Waals surface area contributed by atoms with Crippen molar-refractivity contribution >= 4 is 43.8 Å². The molecule has 1 aliphatic rings. The van der Waals surface area contributed by atoms with Gasteiger partial charge in [-0.15, -0.1) is 12.1 Å². The topological polar surface area (TPSA) is 3.01 Å². The van der Waals surface area contributed by atoms with Crippen molar-refractivity contribution in [2.75, 3.05) is 0 Å². The predicted octanol–water partition coefficient (Wildman–Crippen LogP) is 8.62. The number of hydrogen-bond acceptors (Lipinski definition) is 0. The number of benzene rings is 4. The molecule has 0 unspecified atom stereocenters. The average Bonchev–Trinajstić information content (AvgIpc) is 3.24. The molecular weight excluding hydrogens is 430 g/mol. The lowest BCUT2D eigenvalue weighted by Crippen LogP contribution is -2.17. The quantitative estimate of drug-likeness (QED) is 0.145. The van der Waals surface area contributed by atoms with Gasteiger partial charge in [-0.1, -0.05) is 120 Å². The fraction of sp³-hybridized carbons (Fsp3) is 0.0625. The molecule has 6 rings (SSSR count). The Labute approximate surface area is 204 Å². The first-order valence-electron chi connectivity index (χ1n) is 11.5. The summed E-state index contributed by atoms with van der Waals surface area (Å²) < 4.78 is 4.68. The van der Waals surface area contributed by atoms with Crippen LogP contribution in [0, 0.1) is 13.0 Å². The van der Waals surface area contributed by atoms with E-state index in [1.165, 1.54) is 59.1 Å². The van der Waals surface area contributed by atoms with E-state index in [0.717, 1.165) is 6.04 Å².